The number of benzene rings is 1. The second kappa shape index (κ2) is 9.36. The molecule has 0 aromatic heterocycles. The molecular formula is C21H32N2O5S2. The molecule has 2 saturated heterocycles. The first-order valence-corrected chi connectivity index (χ1v) is 14.0. The van der Waals surface area contributed by atoms with Crippen LogP contribution < -0.4 is 0 Å². The topological polar surface area (TPSA) is 91.8 Å². The first-order chi connectivity index (χ1) is 14.1. The summed E-state index contributed by atoms with van der Waals surface area (Å²) in [5.74, 6) is 0.410. The fraction of sp³-hybridized carbons (Fsp3) is 0.667. The minimum Gasteiger partial charge on any atom is -0.335 e. The van der Waals surface area contributed by atoms with E-state index in [4.69, 9.17) is 0 Å². The molecule has 2 fully saturated rings. The highest BCUT2D eigenvalue weighted by atomic mass is 32.2. The molecule has 0 N–H and O–H groups in total. The van der Waals surface area contributed by atoms with Gasteiger partial charge < -0.3 is 4.90 Å². The van der Waals surface area contributed by atoms with E-state index < -0.39 is 19.9 Å². The highest BCUT2D eigenvalue weighted by molar-refractivity contribution is 7.91. The Hall–Kier alpha value is -1.45. The van der Waals surface area contributed by atoms with Crippen molar-refractivity contribution < 1.29 is 21.6 Å². The highest BCUT2D eigenvalue weighted by Crippen LogP contribution is 2.25. The lowest BCUT2D eigenvalue weighted by Gasteiger charge is -2.30. The molecule has 3 rings (SSSR count). The van der Waals surface area contributed by atoms with Gasteiger partial charge in [0.1, 0.15) is 0 Å². The van der Waals surface area contributed by atoms with Gasteiger partial charge in [0.05, 0.1) is 16.4 Å². The lowest BCUT2D eigenvalue weighted by Crippen LogP contribution is -2.41. The van der Waals surface area contributed by atoms with Crippen LogP contribution in [0.15, 0.2) is 29.2 Å². The molecule has 0 aliphatic carbocycles. The molecule has 0 bridgehead atoms. The van der Waals surface area contributed by atoms with Crippen molar-refractivity contribution >= 4 is 25.8 Å². The maximum Gasteiger partial charge on any atom is 0.254 e. The van der Waals surface area contributed by atoms with Gasteiger partial charge in [0.2, 0.25) is 10.0 Å². The fourth-order valence-electron chi connectivity index (χ4n) is 4.11. The molecule has 7 nitrogen and oxygen atoms in total. The molecule has 2 aliphatic heterocycles. The second-order valence-electron chi connectivity index (χ2n) is 8.52. The quantitative estimate of drug-likeness (QED) is 0.629. The van der Waals surface area contributed by atoms with Crippen molar-refractivity contribution in [2.24, 2.45) is 5.92 Å². The van der Waals surface area contributed by atoms with Crippen molar-refractivity contribution in [3.05, 3.63) is 29.8 Å². The number of hydrogen-bond acceptors (Lipinski definition) is 5. The van der Waals surface area contributed by atoms with Crippen LogP contribution in [0.4, 0.5) is 0 Å². The molecule has 0 unspecified atom stereocenters. The Labute approximate surface area is 180 Å². The number of rotatable bonds is 7. The Morgan fingerprint density at radius 2 is 1.77 bits per heavy atom. The van der Waals surface area contributed by atoms with Crippen molar-refractivity contribution in [1.29, 1.82) is 0 Å². The molecule has 9 heteroatoms. The van der Waals surface area contributed by atoms with Crippen LogP contribution in [0.2, 0.25) is 0 Å². The Morgan fingerprint density at radius 1 is 1.13 bits per heavy atom. The molecule has 1 aromatic carbocycles. The summed E-state index contributed by atoms with van der Waals surface area (Å²) in [5.41, 5.74) is 0.390. The lowest BCUT2D eigenvalue weighted by atomic mass is 10.0. The van der Waals surface area contributed by atoms with Crippen LogP contribution in [0.1, 0.15) is 56.3 Å². The van der Waals surface area contributed by atoms with Crippen LogP contribution >= 0.6 is 0 Å². The number of hydrogen-bond donors (Lipinski definition) is 0. The number of sulfone groups is 1. The third-order valence-electron chi connectivity index (χ3n) is 6.14. The average Bonchev–Trinajstić information content (AvgIpc) is 3.08. The zero-order valence-electron chi connectivity index (χ0n) is 17.8. The summed E-state index contributed by atoms with van der Waals surface area (Å²) in [6.45, 7) is 5.69. The van der Waals surface area contributed by atoms with Crippen LogP contribution in [-0.4, -0.2) is 69.1 Å². The van der Waals surface area contributed by atoms with E-state index in [2.05, 4.69) is 6.92 Å². The molecule has 1 atom stereocenters. The lowest BCUT2D eigenvalue weighted by molar-refractivity contribution is 0.0694. The van der Waals surface area contributed by atoms with E-state index in [0.29, 0.717) is 37.5 Å². The van der Waals surface area contributed by atoms with Gasteiger partial charge in [0.15, 0.2) is 9.84 Å². The minimum atomic E-state index is -3.56. The number of unbranched alkanes of at least 4 members (excludes halogenated alkanes) is 1. The fourth-order valence-corrected chi connectivity index (χ4v) is 7.31. The Bertz CT molecular complexity index is 950. The number of piperidine rings is 1. The number of carbonyl (C=O) groups excluding carboxylic acids is 1. The highest BCUT2D eigenvalue weighted by Gasteiger charge is 2.35. The van der Waals surface area contributed by atoms with Gasteiger partial charge in [-0.25, -0.2) is 16.8 Å². The number of carbonyl (C=O) groups is 1. The van der Waals surface area contributed by atoms with Crippen LogP contribution in [0, 0.1) is 5.92 Å². The van der Waals surface area contributed by atoms with Crippen LogP contribution in [0.5, 0.6) is 0 Å². The SMILES string of the molecule is CCCCN(C(=O)c1ccc(S(=O)(=O)N2CCC(C)CC2)cc1)[C@H]1CCS(=O)(=O)C1. The molecule has 168 valence electrons. The first kappa shape index (κ1) is 23.2. The van der Waals surface area contributed by atoms with Crippen LogP contribution in [0.25, 0.3) is 0 Å². The van der Waals surface area contributed by atoms with Crippen molar-refractivity contribution in [3.8, 4) is 0 Å². The largest absolute Gasteiger partial charge is 0.335 e. The van der Waals surface area contributed by atoms with Gasteiger partial charge in [-0.05, 0) is 55.9 Å². The first-order valence-electron chi connectivity index (χ1n) is 10.8. The molecule has 0 radical (unpaired) electrons. The molecule has 1 aromatic rings. The van der Waals surface area contributed by atoms with Gasteiger partial charge in [0.25, 0.3) is 5.91 Å². The van der Waals surface area contributed by atoms with E-state index in [0.717, 1.165) is 25.7 Å². The van der Waals surface area contributed by atoms with Gasteiger partial charge in [-0.1, -0.05) is 20.3 Å². The summed E-state index contributed by atoms with van der Waals surface area (Å²) in [6, 6.07) is 5.76. The van der Waals surface area contributed by atoms with Crippen molar-refractivity contribution in [2.75, 3.05) is 31.1 Å². The van der Waals surface area contributed by atoms with Gasteiger partial charge >= 0.3 is 0 Å². The van der Waals surface area contributed by atoms with E-state index in [1.54, 1.807) is 17.0 Å². The van der Waals surface area contributed by atoms with Gasteiger partial charge in [0, 0.05) is 31.2 Å². The molecule has 0 spiro atoms. The van der Waals surface area contributed by atoms with Gasteiger partial charge in [-0.15, -0.1) is 0 Å². The maximum atomic E-state index is 13.1. The van der Waals surface area contributed by atoms with Gasteiger partial charge in [-0.2, -0.15) is 4.31 Å². The third kappa shape index (κ3) is 5.23. The summed E-state index contributed by atoms with van der Waals surface area (Å²) < 4.78 is 51.1. The normalized spacial score (nSPS) is 22.8. The van der Waals surface area contributed by atoms with Crippen molar-refractivity contribution in [1.82, 2.24) is 9.21 Å². The summed E-state index contributed by atoms with van der Waals surface area (Å²) >= 11 is 0. The maximum absolute atomic E-state index is 13.1. The predicted molar refractivity (Wildman–Crippen MR) is 117 cm³/mol. The minimum absolute atomic E-state index is 0.00228. The zero-order chi connectivity index (χ0) is 21.9. The Morgan fingerprint density at radius 3 is 2.30 bits per heavy atom. The van der Waals surface area contributed by atoms with Crippen LogP contribution in [0.3, 0.4) is 0 Å². The van der Waals surface area contributed by atoms with Crippen molar-refractivity contribution in [2.45, 2.75) is 56.9 Å². The van der Waals surface area contributed by atoms with E-state index in [9.17, 15) is 21.6 Å². The standard InChI is InChI=1S/C21H32N2O5S2/c1-3-4-12-23(19-11-15-29(25,26)16-19)21(24)18-5-7-20(8-6-18)30(27,28)22-13-9-17(2)10-14-22/h5-8,17,19H,3-4,9-16H2,1-2H3/t19-/m0/s1. The Balaban J connectivity index is 1.77. The van der Waals surface area contributed by atoms with E-state index >= 15 is 0 Å². The number of nitrogens with zero attached hydrogens (tertiary/aromatic N) is 2. The third-order valence-corrected chi connectivity index (χ3v) is 9.81. The monoisotopic (exact) mass is 456 g/mol. The molecular weight excluding hydrogens is 424 g/mol. The van der Waals surface area contributed by atoms with Crippen molar-refractivity contribution in [3.63, 3.8) is 0 Å². The molecule has 0 saturated carbocycles. The summed E-state index contributed by atoms with van der Waals surface area (Å²) in [6.07, 6.45) is 3.85. The zero-order valence-corrected chi connectivity index (χ0v) is 19.4. The summed E-state index contributed by atoms with van der Waals surface area (Å²) in [5, 5.41) is 0. The average molecular weight is 457 g/mol. The summed E-state index contributed by atoms with van der Waals surface area (Å²) in [7, 11) is -6.67. The van der Waals surface area contributed by atoms with Gasteiger partial charge in [-0.3, -0.25) is 4.79 Å². The van der Waals surface area contributed by atoms with E-state index in [1.165, 1.54) is 16.4 Å². The summed E-state index contributed by atoms with van der Waals surface area (Å²) in [4.78, 5) is 15.0. The van der Waals surface area contributed by atoms with E-state index in [1.807, 2.05) is 6.92 Å². The second-order valence-corrected chi connectivity index (χ2v) is 12.7. The molecule has 2 heterocycles. The van der Waals surface area contributed by atoms with E-state index in [-0.39, 0.29) is 28.4 Å². The molecule has 30 heavy (non-hydrogen) atoms. The molecule has 2 aliphatic rings. The molecule has 1 amide bonds. The smallest absolute Gasteiger partial charge is 0.254 e. The predicted octanol–water partition coefficient (Wildman–Crippen LogP) is 2.54. The number of sulfonamides is 1. The number of amides is 1. The Kier molecular flexibility index (Phi) is 7.24. The van der Waals surface area contributed by atoms with Crippen LogP contribution in [-0.2, 0) is 19.9 Å².